The maximum absolute atomic E-state index is 12.2. The summed E-state index contributed by atoms with van der Waals surface area (Å²) < 4.78 is 82.4. The van der Waals surface area contributed by atoms with Crippen molar-refractivity contribution in [3.05, 3.63) is 59.7 Å². The molecule has 23 rings (SSSR count). The van der Waals surface area contributed by atoms with E-state index in [-0.39, 0.29) is 70.5 Å². The molecule has 21 aliphatic rings. The van der Waals surface area contributed by atoms with Crippen LogP contribution in [0.1, 0.15) is 20.7 Å². The van der Waals surface area contributed by atoms with Gasteiger partial charge >= 0.3 is 59.1 Å². The van der Waals surface area contributed by atoms with E-state index in [4.69, 9.17) is 66.3 Å². The second-order valence-corrected chi connectivity index (χ2v) is 23.7. The van der Waals surface area contributed by atoms with E-state index in [0.29, 0.717) is 0 Å². The number of aliphatic hydroxyl groups is 19. The maximum Gasteiger partial charge on any atom is 1.00 e. The molecule has 536 valence electrons. The van der Waals surface area contributed by atoms with Gasteiger partial charge in [-0.2, -0.15) is 0 Å². The van der Waals surface area contributed by atoms with Crippen LogP contribution in [0.15, 0.2) is 48.5 Å². The first-order valence-electron chi connectivity index (χ1n) is 30.2. The third-order valence-corrected chi connectivity index (χ3v) is 17.7. The smallest absolute Gasteiger partial charge is 0.545 e. The molecule has 0 aromatic heterocycles. The standard InChI is InChI=1S/C56H80N2O37.2Na/c59-11-22-43-30(67)37(74)53(85-22)93-45-24(13-61)87-55(39(76)32(45)69)95-47-26(15-63)88-56(40(77)33(47)70)94-46-25(14-62)86-54(38(75)31(46)68)92-44-23(12-60)84-52(36(73)29(44)66)90-42-21(10-58-19-8-4-2-6-17(19)49(80)81)82-50(34(71)27(42)64)89-41-20(83-51(91-43)35(72)28(41)65)9-57-18-7-3-1-5-16(18)48(78)79;;/h1-8,20-47,50-77H,9-15H2,(H,78,79)(H,80,81);;/q;2*+1/p-2/t20-,21-,22-,23-,24-,25-,26-,27-,28-,29-,30-,31-,32-,33-,34-,35-,36-,37-,38-,39-,40-,41-,42-,43-,44-,45-,46-,47-,50-,51-,52-,53-,54-,55-,56-;;/m1../s1. The Morgan fingerprint density at radius 2 is 0.464 bits per heavy atom. The zero-order chi connectivity index (χ0) is 68.6. The van der Waals surface area contributed by atoms with E-state index in [1.54, 1.807) is 0 Å². The molecule has 0 amide bonds. The normalized spacial score (nSPS) is 45.9. The summed E-state index contributed by atoms with van der Waals surface area (Å²) >= 11 is 0. The van der Waals surface area contributed by atoms with Crippen LogP contribution in [0, 0.1) is 0 Å². The summed E-state index contributed by atoms with van der Waals surface area (Å²) in [4.78, 5) is 24.4. The Labute approximate surface area is 593 Å². The van der Waals surface area contributed by atoms with Gasteiger partial charge in [-0.15, -0.1) is 0 Å². The topological polar surface area (TPSA) is 618 Å². The van der Waals surface area contributed by atoms with Crippen molar-refractivity contribution in [2.75, 3.05) is 56.8 Å². The van der Waals surface area contributed by atoms with Gasteiger partial charge in [-0.1, -0.05) is 36.4 Å². The maximum atomic E-state index is 12.2. The molecule has 21 aliphatic heterocycles. The van der Waals surface area contributed by atoms with Crippen LogP contribution >= 0.6 is 0 Å². The number of carboxylic acids is 2. The monoisotopic (exact) mass is 1420 g/mol. The number of hydrogen-bond acceptors (Lipinski definition) is 39. The molecule has 2 aromatic rings. The van der Waals surface area contributed by atoms with Crippen LogP contribution in [-0.2, 0) is 66.3 Å². The van der Waals surface area contributed by atoms with Crippen molar-refractivity contribution in [2.45, 2.75) is 215 Å². The molecular weight excluding hydrogens is 1340 g/mol. The fourth-order valence-electron chi connectivity index (χ4n) is 12.5. The molecule has 0 radical (unpaired) electrons. The number of aromatic carboxylic acids is 2. The van der Waals surface area contributed by atoms with Crippen molar-refractivity contribution in [1.29, 1.82) is 0 Å². The summed E-state index contributed by atoms with van der Waals surface area (Å²) in [5.41, 5.74) is -1.04. The van der Waals surface area contributed by atoms with Gasteiger partial charge < -0.3 is 194 Å². The van der Waals surface area contributed by atoms with Gasteiger partial charge in [-0.3, -0.25) is 0 Å². The van der Waals surface area contributed by atoms with Crippen molar-refractivity contribution in [3.8, 4) is 0 Å². The molecule has 0 saturated carbocycles. The van der Waals surface area contributed by atoms with Gasteiger partial charge in [-0.25, -0.2) is 0 Å². The van der Waals surface area contributed by atoms with Gasteiger partial charge in [0.2, 0.25) is 0 Å². The summed E-state index contributed by atoms with van der Waals surface area (Å²) in [6.07, 6.45) is -72.9. The predicted octanol–water partition coefficient (Wildman–Crippen LogP) is -20.3. The van der Waals surface area contributed by atoms with E-state index in [1.165, 1.54) is 36.4 Å². The van der Waals surface area contributed by atoms with Crippen molar-refractivity contribution < 1.29 is 242 Å². The molecule has 21 saturated heterocycles. The predicted molar refractivity (Wildman–Crippen MR) is 293 cm³/mol. The third-order valence-electron chi connectivity index (χ3n) is 17.7. The van der Waals surface area contributed by atoms with Crippen LogP contribution in [0.3, 0.4) is 0 Å². The SMILES string of the molecule is O=C([O-])c1ccccc1NC[C@H]1O[C@@H]2O[C@H]3[C@H](O)[C@@H](O)[C@@H](O[C@H]4[C@H](O)[C@@H](O)[C@@H](O[C@H]5[C@H](O)[C@@H](O)[C@@H](O[C@H]6[C@H](O)[C@@H](O)[C@@H](O[C@H]7[C@H](O)[C@@H](O)[C@@H](O[C@H]8[C@H](O)[C@@H](O)[C@@H](O[C@H]1[C@H](O)[C@H]2O)O[C@@H]8CO)O[C@@H]7CO)O[C@@H]6CO)O[C@@H]5CO)O[C@@H]4CO)O[C@@H]3CNc1ccccc1C(=O)[O-].[Na+].[Na+]. The average Bonchev–Trinajstić information content (AvgIpc) is 0.787. The van der Waals surface area contributed by atoms with Crippen LogP contribution in [0.2, 0.25) is 0 Å². The number of carboxylic acid groups (broad SMARTS) is 2. The molecule has 2 aromatic carbocycles. The summed E-state index contributed by atoms with van der Waals surface area (Å²) in [5, 5.41) is 246. The third kappa shape index (κ3) is 16.9. The minimum absolute atomic E-state index is 0. The number of anilines is 2. The first-order valence-corrected chi connectivity index (χ1v) is 30.2. The number of hydrogen-bond donors (Lipinski definition) is 21. The van der Waals surface area contributed by atoms with Gasteiger partial charge in [0.05, 0.1) is 45.0 Å². The van der Waals surface area contributed by atoms with Gasteiger partial charge in [0.25, 0.3) is 0 Å². The number of carbonyl (C=O) groups is 2. The largest absolute Gasteiger partial charge is 1.00 e. The number of nitrogens with one attached hydrogen (secondary N) is 2. The van der Waals surface area contributed by atoms with Gasteiger partial charge in [0.1, 0.15) is 171 Å². The van der Waals surface area contributed by atoms with Crippen molar-refractivity contribution in [3.63, 3.8) is 0 Å². The summed E-state index contributed by atoms with van der Waals surface area (Å²) in [7, 11) is 0. The summed E-state index contributed by atoms with van der Waals surface area (Å²) in [6, 6.07) is 10.5. The number of aliphatic hydroxyl groups excluding tert-OH is 19. The van der Waals surface area contributed by atoms with E-state index in [1.807, 2.05) is 0 Å². The zero-order valence-corrected chi connectivity index (χ0v) is 55.6. The number of ether oxygens (including phenoxy) is 14. The molecule has 0 spiro atoms. The van der Waals surface area contributed by atoms with Crippen molar-refractivity contribution in [1.82, 2.24) is 0 Å². The Morgan fingerprint density at radius 1 is 0.289 bits per heavy atom. The van der Waals surface area contributed by atoms with E-state index < -0.39 is 284 Å². The quantitative estimate of drug-likeness (QED) is 0.0828. The van der Waals surface area contributed by atoms with E-state index >= 15 is 0 Å². The molecule has 0 unspecified atom stereocenters. The molecule has 35 atom stereocenters. The van der Waals surface area contributed by atoms with Crippen LogP contribution in [0.4, 0.5) is 11.4 Å². The summed E-state index contributed by atoms with van der Waals surface area (Å²) in [5.74, 6) is -3.32. The molecule has 21 heterocycles. The van der Waals surface area contributed by atoms with Gasteiger partial charge in [0, 0.05) is 35.6 Å². The Hall–Kier alpha value is -2.34. The molecule has 97 heavy (non-hydrogen) atoms. The number of benzene rings is 2. The van der Waals surface area contributed by atoms with Crippen LogP contribution in [-0.4, -0.2) is 370 Å². The minimum Gasteiger partial charge on any atom is -0.545 e. The van der Waals surface area contributed by atoms with Crippen molar-refractivity contribution >= 4 is 23.3 Å². The average molecular weight is 1420 g/mol. The number of para-hydroxylation sites is 2. The molecule has 21 fully saturated rings. The number of rotatable bonds is 13. The second kappa shape index (κ2) is 35.0. The first-order chi connectivity index (χ1) is 45.3. The fourth-order valence-corrected chi connectivity index (χ4v) is 12.5. The second-order valence-electron chi connectivity index (χ2n) is 23.7. The van der Waals surface area contributed by atoms with E-state index in [2.05, 4.69) is 10.6 Å². The first kappa shape index (κ1) is 80.3. The molecule has 14 bridgehead atoms. The van der Waals surface area contributed by atoms with Crippen molar-refractivity contribution in [2.24, 2.45) is 0 Å². The Bertz CT molecular complexity index is 2760. The molecular formula is C56H78N2Na2O37. The molecule has 21 N–H and O–H groups in total. The van der Waals surface area contributed by atoms with E-state index in [0.717, 1.165) is 12.1 Å². The zero-order valence-electron chi connectivity index (χ0n) is 51.6. The Balaban J connectivity index is 0.00000601. The van der Waals surface area contributed by atoms with Gasteiger partial charge in [0.15, 0.2) is 44.0 Å². The summed E-state index contributed by atoms with van der Waals surface area (Å²) in [6.45, 7) is -6.76. The van der Waals surface area contributed by atoms with Crippen LogP contribution in [0.5, 0.6) is 0 Å². The molecule has 39 nitrogen and oxygen atoms in total. The molecule has 0 aliphatic carbocycles. The Kier molecular flexibility index (Phi) is 29.0. The van der Waals surface area contributed by atoms with Gasteiger partial charge in [-0.05, 0) is 12.1 Å². The van der Waals surface area contributed by atoms with Crippen LogP contribution < -0.4 is 80.0 Å². The van der Waals surface area contributed by atoms with Crippen LogP contribution in [0.25, 0.3) is 0 Å². The van der Waals surface area contributed by atoms with E-state index in [9.17, 15) is 117 Å². The fraction of sp³-hybridized carbons (Fsp3) is 0.750. The number of carbonyl (C=O) groups excluding carboxylic acids is 2. The minimum atomic E-state index is -2.33. The Morgan fingerprint density at radius 3 is 0.649 bits per heavy atom. The molecule has 41 heteroatoms.